The van der Waals surface area contributed by atoms with E-state index in [0.717, 1.165) is 16.2 Å². The summed E-state index contributed by atoms with van der Waals surface area (Å²) in [4.78, 5) is 33.7. The van der Waals surface area contributed by atoms with Crippen molar-refractivity contribution in [1.29, 1.82) is 0 Å². The molecule has 31 heavy (non-hydrogen) atoms. The summed E-state index contributed by atoms with van der Waals surface area (Å²) in [5.74, 6) is 0.0410. The summed E-state index contributed by atoms with van der Waals surface area (Å²) in [5, 5.41) is 8.76. The molecule has 0 aliphatic carbocycles. The number of aryl methyl sites for hydroxylation is 2. The third kappa shape index (κ3) is 4.65. The van der Waals surface area contributed by atoms with Gasteiger partial charge in [-0.3, -0.25) is 9.59 Å². The number of H-pyrrole nitrogens is 1. The number of hydrazone groups is 1. The van der Waals surface area contributed by atoms with Crippen LogP contribution in [0.3, 0.4) is 0 Å². The zero-order chi connectivity index (χ0) is 22.0. The van der Waals surface area contributed by atoms with Crippen molar-refractivity contribution in [3.8, 4) is 0 Å². The maximum absolute atomic E-state index is 13.2. The van der Waals surface area contributed by atoms with Crippen LogP contribution >= 0.6 is 23.1 Å². The second-order valence-electron chi connectivity index (χ2n) is 7.47. The van der Waals surface area contributed by atoms with Crippen molar-refractivity contribution in [2.24, 2.45) is 5.10 Å². The monoisotopic (exact) mass is 452 g/mol. The molecule has 0 saturated carbocycles. The molecule has 160 valence electrons. The van der Waals surface area contributed by atoms with Gasteiger partial charge in [0.05, 0.1) is 22.4 Å². The van der Waals surface area contributed by atoms with Crippen LogP contribution in [0.25, 0.3) is 0 Å². The van der Waals surface area contributed by atoms with Crippen molar-refractivity contribution in [1.82, 2.24) is 15.0 Å². The summed E-state index contributed by atoms with van der Waals surface area (Å²) in [6, 6.07) is 12.1. The van der Waals surface area contributed by atoms with Crippen molar-refractivity contribution in [2.75, 3.05) is 5.75 Å². The second kappa shape index (κ2) is 9.20. The molecule has 0 fully saturated rings. The van der Waals surface area contributed by atoms with E-state index in [0.29, 0.717) is 29.3 Å². The number of aromatic nitrogens is 2. The highest BCUT2D eigenvalue weighted by atomic mass is 32.2. The minimum absolute atomic E-state index is 0.109. The summed E-state index contributed by atoms with van der Waals surface area (Å²) in [6.07, 6.45) is 1.31. The Kier molecular flexibility index (Phi) is 6.38. The van der Waals surface area contributed by atoms with Crippen LogP contribution in [0.4, 0.5) is 0 Å². The van der Waals surface area contributed by atoms with Gasteiger partial charge in [-0.2, -0.15) is 5.10 Å². The van der Waals surface area contributed by atoms with Gasteiger partial charge >= 0.3 is 0 Å². The summed E-state index contributed by atoms with van der Waals surface area (Å²) >= 11 is 2.86. The zero-order valence-corrected chi connectivity index (χ0v) is 19.3. The average molecular weight is 453 g/mol. The lowest BCUT2D eigenvalue weighted by Crippen LogP contribution is -2.29. The second-order valence-corrected chi connectivity index (χ2v) is 9.38. The number of aromatic amines is 1. The van der Waals surface area contributed by atoms with Crippen molar-refractivity contribution in [3.63, 3.8) is 0 Å². The molecule has 0 saturated heterocycles. The number of carbonyl (C=O) groups is 1. The smallest absolute Gasteiger partial charge is 0.254 e. The van der Waals surface area contributed by atoms with E-state index in [1.165, 1.54) is 17.3 Å². The van der Waals surface area contributed by atoms with Gasteiger partial charge in [-0.1, -0.05) is 54.6 Å². The fourth-order valence-electron chi connectivity index (χ4n) is 3.65. The van der Waals surface area contributed by atoms with Gasteiger partial charge in [-0.15, -0.1) is 11.3 Å². The average Bonchev–Trinajstić information content (AvgIpc) is 3.42. The molecule has 1 aliphatic rings. The molecule has 1 N–H and O–H groups in total. The Hall–Kier alpha value is -2.71. The van der Waals surface area contributed by atoms with Gasteiger partial charge in [-0.25, -0.2) is 9.99 Å². The number of thiophene rings is 1. The first-order valence-corrected chi connectivity index (χ1v) is 12.1. The highest BCUT2D eigenvalue weighted by Gasteiger charge is 2.33. The van der Waals surface area contributed by atoms with Gasteiger partial charge < -0.3 is 4.98 Å². The van der Waals surface area contributed by atoms with Gasteiger partial charge in [0.2, 0.25) is 0 Å². The molecule has 4 rings (SSSR count). The zero-order valence-electron chi connectivity index (χ0n) is 17.7. The molecular formula is C23H24N4O2S2. The standard InChI is InChI=1S/C23H24N4O2S2/c1-4-17-15(3)24-23(25-22(17)29)31-13-21(28)27-19(16-9-7-14(2)8-10-16)12-18(26-27)20-6-5-11-30-20/h5-11,19H,4,12-13H2,1-3H3,(H,24,25,29)/t19-/m1/s1. The van der Waals surface area contributed by atoms with Gasteiger partial charge in [0.1, 0.15) is 0 Å². The molecule has 1 aliphatic heterocycles. The van der Waals surface area contributed by atoms with Crippen LogP contribution in [0, 0.1) is 13.8 Å². The Bertz CT molecular complexity index is 1170. The van der Waals surface area contributed by atoms with Crippen molar-refractivity contribution < 1.29 is 4.79 Å². The van der Waals surface area contributed by atoms with E-state index in [1.54, 1.807) is 16.3 Å². The Morgan fingerprint density at radius 3 is 2.68 bits per heavy atom. The molecule has 1 amide bonds. The number of nitrogens with zero attached hydrogens (tertiary/aromatic N) is 3. The predicted molar refractivity (Wildman–Crippen MR) is 126 cm³/mol. The quantitative estimate of drug-likeness (QED) is 0.442. The maximum atomic E-state index is 13.2. The van der Waals surface area contributed by atoms with Gasteiger partial charge in [0.25, 0.3) is 11.5 Å². The number of nitrogens with one attached hydrogen (secondary N) is 1. The Labute approximate surface area is 189 Å². The lowest BCUT2D eigenvalue weighted by Gasteiger charge is -2.22. The number of carbonyl (C=O) groups excluding carboxylic acids is 1. The Balaban J connectivity index is 1.56. The molecule has 8 heteroatoms. The van der Waals surface area contributed by atoms with E-state index in [4.69, 9.17) is 5.10 Å². The third-order valence-electron chi connectivity index (χ3n) is 5.32. The molecule has 3 heterocycles. The van der Waals surface area contributed by atoms with E-state index in [-0.39, 0.29) is 23.3 Å². The number of hydrogen-bond acceptors (Lipinski definition) is 6. The number of thioether (sulfide) groups is 1. The number of hydrogen-bond donors (Lipinski definition) is 1. The molecule has 6 nitrogen and oxygen atoms in total. The lowest BCUT2D eigenvalue weighted by molar-refractivity contribution is -0.130. The van der Waals surface area contributed by atoms with Crippen LogP contribution in [0.1, 0.15) is 46.6 Å². The fraction of sp³-hybridized carbons (Fsp3) is 0.304. The summed E-state index contributed by atoms with van der Waals surface area (Å²) in [7, 11) is 0. The largest absolute Gasteiger partial charge is 0.301 e. The highest BCUT2D eigenvalue weighted by Crippen LogP contribution is 2.34. The molecular weight excluding hydrogens is 428 g/mol. The number of amides is 1. The molecule has 2 aromatic heterocycles. The van der Waals surface area contributed by atoms with Crippen molar-refractivity contribution in [2.45, 2.75) is 44.8 Å². The maximum Gasteiger partial charge on any atom is 0.254 e. The number of rotatable bonds is 6. The van der Waals surface area contributed by atoms with Crippen LogP contribution in [0.2, 0.25) is 0 Å². The molecule has 3 aromatic rings. The first-order chi connectivity index (χ1) is 15.0. The Morgan fingerprint density at radius 1 is 1.26 bits per heavy atom. The van der Waals surface area contributed by atoms with Gasteiger partial charge in [0.15, 0.2) is 5.16 Å². The molecule has 0 spiro atoms. The molecule has 0 unspecified atom stereocenters. The molecule has 0 radical (unpaired) electrons. The van der Waals surface area contributed by atoms with Gasteiger partial charge in [-0.05, 0) is 37.3 Å². The topological polar surface area (TPSA) is 78.4 Å². The first-order valence-electron chi connectivity index (χ1n) is 10.2. The van der Waals surface area contributed by atoms with E-state index < -0.39 is 0 Å². The van der Waals surface area contributed by atoms with Crippen LogP contribution in [0.15, 0.2) is 56.8 Å². The van der Waals surface area contributed by atoms with Crippen molar-refractivity contribution in [3.05, 3.63) is 79.4 Å². The molecule has 1 atom stereocenters. The van der Waals surface area contributed by atoms with E-state index in [2.05, 4.69) is 34.2 Å². The summed E-state index contributed by atoms with van der Waals surface area (Å²) < 4.78 is 0. The number of benzene rings is 1. The van der Waals surface area contributed by atoms with E-state index >= 15 is 0 Å². The SMILES string of the molecule is CCc1c(C)nc(SCC(=O)N2N=C(c3cccs3)C[C@@H]2c2ccc(C)cc2)[nH]c1=O. The van der Waals surface area contributed by atoms with Crippen molar-refractivity contribution >= 4 is 34.7 Å². The summed E-state index contributed by atoms with van der Waals surface area (Å²) in [6.45, 7) is 5.80. The first kappa shape index (κ1) is 21.5. The van der Waals surface area contributed by atoms with Crippen LogP contribution < -0.4 is 5.56 Å². The lowest BCUT2D eigenvalue weighted by atomic mass is 10.00. The van der Waals surface area contributed by atoms with E-state index in [9.17, 15) is 9.59 Å². The van der Waals surface area contributed by atoms with Crippen LogP contribution in [-0.2, 0) is 11.2 Å². The minimum Gasteiger partial charge on any atom is -0.301 e. The molecule has 0 bridgehead atoms. The molecule has 1 aromatic carbocycles. The predicted octanol–water partition coefficient (Wildman–Crippen LogP) is 4.48. The van der Waals surface area contributed by atoms with Crippen LogP contribution in [-0.4, -0.2) is 32.3 Å². The highest BCUT2D eigenvalue weighted by molar-refractivity contribution is 7.99. The minimum atomic E-state index is -0.137. The van der Waals surface area contributed by atoms with E-state index in [1.807, 2.05) is 38.3 Å². The summed E-state index contributed by atoms with van der Waals surface area (Å²) in [5.41, 5.74) is 4.41. The third-order valence-corrected chi connectivity index (χ3v) is 7.10. The van der Waals surface area contributed by atoms with Gasteiger partial charge in [0, 0.05) is 17.7 Å². The van der Waals surface area contributed by atoms with Crippen LogP contribution in [0.5, 0.6) is 0 Å². The fourth-order valence-corrected chi connectivity index (χ4v) is 5.13. The normalized spacial score (nSPS) is 15.9. The Morgan fingerprint density at radius 2 is 2.03 bits per heavy atom.